The van der Waals surface area contributed by atoms with Crippen LogP contribution in [0.1, 0.15) is 129 Å². The quantitative estimate of drug-likeness (QED) is 0.197. The number of carbonyl (C=O) groups is 2. The molecule has 2 N–H and O–H groups in total. The van der Waals surface area contributed by atoms with Crippen LogP contribution in [0, 0.1) is 11.8 Å². The first-order valence-corrected chi connectivity index (χ1v) is 11.9. The maximum atomic E-state index is 11.3. The third kappa shape index (κ3) is 17.1. The topological polar surface area (TPSA) is 74.6 Å². The number of unbranched alkanes of at least 4 members (excludes halogenated alkanes) is 12. The Labute approximate surface area is 173 Å². The number of hydrogen-bond donors (Lipinski definition) is 2. The molecule has 0 saturated heterocycles. The molecule has 0 aliphatic rings. The van der Waals surface area contributed by atoms with Gasteiger partial charge in [0.15, 0.2) is 0 Å². The van der Waals surface area contributed by atoms with E-state index in [0.29, 0.717) is 0 Å². The number of aliphatic carboxylic acids is 2. The maximum Gasteiger partial charge on any atom is 0.303 e. The van der Waals surface area contributed by atoms with Gasteiger partial charge in [0.1, 0.15) is 0 Å². The van der Waals surface area contributed by atoms with E-state index in [2.05, 4.69) is 13.8 Å². The van der Waals surface area contributed by atoms with Gasteiger partial charge in [-0.1, -0.05) is 104 Å². The van der Waals surface area contributed by atoms with Crippen molar-refractivity contribution < 1.29 is 19.8 Å². The molecule has 0 aliphatic heterocycles. The molecule has 2 atom stereocenters. The summed E-state index contributed by atoms with van der Waals surface area (Å²) < 4.78 is 0. The Hall–Kier alpha value is -1.06. The number of carboxylic acid groups (broad SMARTS) is 2. The summed E-state index contributed by atoms with van der Waals surface area (Å²) in [6.45, 7) is 4.43. The average Bonchev–Trinajstić information content (AvgIpc) is 2.64. The highest BCUT2D eigenvalue weighted by Crippen LogP contribution is 2.30. The van der Waals surface area contributed by atoms with E-state index in [1.165, 1.54) is 64.2 Å². The monoisotopic (exact) mass is 398 g/mol. The van der Waals surface area contributed by atoms with E-state index in [0.717, 1.165) is 38.5 Å². The van der Waals surface area contributed by atoms with Gasteiger partial charge in [-0.2, -0.15) is 0 Å². The van der Waals surface area contributed by atoms with Crippen molar-refractivity contribution in [1.82, 2.24) is 0 Å². The van der Waals surface area contributed by atoms with Crippen molar-refractivity contribution in [2.24, 2.45) is 11.8 Å². The Kier molecular flexibility index (Phi) is 18.5. The van der Waals surface area contributed by atoms with E-state index in [1.54, 1.807) is 0 Å². The minimum absolute atomic E-state index is 0.00401. The number of carboxylic acids is 2. The molecule has 28 heavy (non-hydrogen) atoms. The lowest BCUT2D eigenvalue weighted by atomic mass is 9.80. The summed E-state index contributed by atoms with van der Waals surface area (Å²) in [6.07, 6.45) is 18.8. The second kappa shape index (κ2) is 19.3. The minimum atomic E-state index is -0.789. The fourth-order valence-corrected chi connectivity index (χ4v) is 4.18. The maximum absolute atomic E-state index is 11.3. The van der Waals surface area contributed by atoms with Crippen LogP contribution in [0.5, 0.6) is 0 Å². The summed E-state index contributed by atoms with van der Waals surface area (Å²) in [5.41, 5.74) is 0. The first kappa shape index (κ1) is 26.9. The SMILES string of the molecule is CCCCCCCCCC(CC(=O)O)C(CCCCCCCCC)CC(=O)O. The van der Waals surface area contributed by atoms with Crippen molar-refractivity contribution in [2.45, 2.75) is 129 Å². The van der Waals surface area contributed by atoms with E-state index >= 15 is 0 Å². The first-order chi connectivity index (χ1) is 13.5. The summed E-state index contributed by atoms with van der Waals surface area (Å²) in [5, 5.41) is 18.6. The summed E-state index contributed by atoms with van der Waals surface area (Å²) in [5.74, 6) is -1.57. The number of hydrogen-bond acceptors (Lipinski definition) is 2. The molecule has 0 radical (unpaired) electrons. The van der Waals surface area contributed by atoms with Gasteiger partial charge in [-0.3, -0.25) is 9.59 Å². The van der Waals surface area contributed by atoms with Crippen LogP contribution in [0.2, 0.25) is 0 Å². The van der Waals surface area contributed by atoms with Crippen LogP contribution < -0.4 is 0 Å². The second-order valence-electron chi connectivity index (χ2n) is 8.54. The molecule has 0 amide bonds. The highest BCUT2D eigenvalue weighted by Gasteiger charge is 2.25. The van der Waals surface area contributed by atoms with E-state index < -0.39 is 11.9 Å². The van der Waals surface area contributed by atoms with Gasteiger partial charge in [0, 0.05) is 12.8 Å². The van der Waals surface area contributed by atoms with Gasteiger partial charge in [0.25, 0.3) is 0 Å². The number of rotatable bonds is 21. The van der Waals surface area contributed by atoms with Gasteiger partial charge in [-0.25, -0.2) is 0 Å². The Morgan fingerprint density at radius 1 is 0.536 bits per heavy atom. The molecule has 2 unspecified atom stereocenters. The highest BCUT2D eigenvalue weighted by molar-refractivity contribution is 5.68. The van der Waals surface area contributed by atoms with Crippen molar-refractivity contribution in [3.8, 4) is 0 Å². The molecule has 0 spiro atoms. The van der Waals surface area contributed by atoms with Crippen LogP contribution >= 0.6 is 0 Å². The molecule has 0 rings (SSSR count). The van der Waals surface area contributed by atoms with E-state index in [-0.39, 0.29) is 24.7 Å². The summed E-state index contributed by atoms with van der Waals surface area (Å²) in [6, 6.07) is 0. The van der Waals surface area contributed by atoms with Crippen LogP contribution in [0.4, 0.5) is 0 Å². The van der Waals surface area contributed by atoms with Crippen molar-refractivity contribution in [3.05, 3.63) is 0 Å². The lowest BCUT2D eigenvalue weighted by Gasteiger charge is -2.25. The zero-order valence-corrected chi connectivity index (χ0v) is 18.6. The summed E-state index contributed by atoms with van der Waals surface area (Å²) in [7, 11) is 0. The standard InChI is InChI=1S/C24H46O4/c1-3-5-7-9-11-13-15-17-21(19-23(25)26)22(20-24(27)28)18-16-14-12-10-8-6-4-2/h21-22H,3-20H2,1-2H3,(H,25,26)(H,27,28). The second-order valence-corrected chi connectivity index (χ2v) is 8.54. The largest absolute Gasteiger partial charge is 0.481 e. The summed E-state index contributed by atoms with van der Waals surface area (Å²) in [4.78, 5) is 22.7. The molecular weight excluding hydrogens is 352 g/mol. The van der Waals surface area contributed by atoms with Crippen molar-refractivity contribution in [2.75, 3.05) is 0 Å². The molecule has 0 aromatic carbocycles. The summed E-state index contributed by atoms with van der Waals surface area (Å²) >= 11 is 0. The third-order valence-corrected chi connectivity index (χ3v) is 5.90. The van der Waals surface area contributed by atoms with Gasteiger partial charge in [0.05, 0.1) is 0 Å². The predicted octanol–water partition coefficient (Wildman–Crippen LogP) is 7.45. The van der Waals surface area contributed by atoms with Gasteiger partial charge in [-0.15, -0.1) is 0 Å². The Bertz CT molecular complexity index is 345. The van der Waals surface area contributed by atoms with Crippen molar-refractivity contribution >= 4 is 11.9 Å². The zero-order chi connectivity index (χ0) is 21.0. The van der Waals surface area contributed by atoms with Crippen LogP contribution in [0.3, 0.4) is 0 Å². The molecule has 0 saturated carbocycles. The van der Waals surface area contributed by atoms with Crippen LogP contribution in [-0.2, 0) is 9.59 Å². The van der Waals surface area contributed by atoms with E-state index in [9.17, 15) is 19.8 Å². The fraction of sp³-hybridized carbons (Fsp3) is 0.917. The van der Waals surface area contributed by atoms with Crippen LogP contribution in [-0.4, -0.2) is 22.2 Å². The molecule has 4 nitrogen and oxygen atoms in total. The predicted molar refractivity (Wildman–Crippen MR) is 117 cm³/mol. The third-order valence-electron chi connectivity index (χ3n) is 5.90. The molecule has 0 heterocycles. The zero-order valence-electron chi connectivity index (χ0n) is 18.6. The van der Waals surface area contributed by atoms with Gasteiger partial charge < -0.3 is 10.2 Å². The van der Waals surface area contributed by atoms with Gasteiger partial charge in [-0.05, 0) is 24.7 Å². The lowest BCUT2D eigenvalue weighted by molar-refractivity contribution is -0.142. The van der Waals surface area contributed by atoms with Crippen LogP contribution in [0.15, 0.2) is 0 Å². The van der Waals surface area contributed by atoms with E-state index in [4.69, 9.17) is 0 Å². The lowest BCUT2D eigenvalue weighted by Crippen LogP contribution is -2.21. The first-order valence-electron chi connectivity index (χ1n) is 11.9. The smallest absolute Gasteiger partial charge is 0.303 e. The Morgan fingerprint density at radius 3 is 1.11 bits per heavy atom. The molecule has 4 heteroatoms. The molecular formula is C24H46O4. The molecule has 0 aromatic rings. The molecule has 0 bridgehead atoms. The Balaban J connectivity index is 4.36. The van der Waals surface area contributed by atoms with Crippen molar-refractivity contribution in [3.63, 3.8) is 0 Å². The molecule has 0 aliphatic carbocycles. The van der Waals surface area contributed by atoms with Crippen molar-refractivity contribution in [1.29, 1.82) is 0 Å². The Morgan fingerprint density at radius 2 is 0.821 bits per heavy atom. The van der Waals surface area contributed by atoms with E-state index in [1.807, 2.05) is 0 Å². The van der Waals surface area contributed by atoms with Crippen LogP contribution in [0.25, 0.3) is 0 Å². The molecule has 166 valence electrons. The average molecular weight is 399 g/mol. The molecule has 0 fully saturated rings. The highest BCUT2D eigenvalue weighted by atomic mass is 16.4. The van der Waals surface area contributed by atoms with Gasteiger partial charge in [0.2, 0.25) is 0 Å². The fourth-order valence-electron chi connectivity index (χ4n) is 4.18. The minimum Gasteiger partial charge on any atom is -0.481 e. The van der Waals surface area contributed by atoms with Gasteiger partial charge >= 0.3 is 11.9 Å². The molecule has 0 aromatic heterocycles. The normalized spacial score (nSPS) is 13.4.